The van der Waals surface area contributed by atoms with Crippen LogP contribution in [0.15, 0.2) is 53.1 Å². The van der Waals surface area contributed by atoms with Crippen molar-refractivity contribution in [1.29, 1.82) is 0 Å². The molecule has 0 saturated carbocycles. The first kappa shape index (κ1) is 21.1. The lowest BCUT2D eigenvalue weighted by Gasteiger charge is -2.38. The van der Waals surface area contributed by atoms with E-state index < -0.39 is 6.04 Å². The van der Waals surface area contributed by atoms with Gasteiger partial charge in [0.1, 0.15) is 6.04 Å². The summed E-state index contributed by atoms with van der Waals surface area (Å²) >= 11 is 0. The Labute approximate surface area is 181 Å². The molecule has 0 radical (unpaired) electrons. The quantitative estimate of drug-likeness (QED) is 0.789. The lowest BCUT2D eigenvalue weighted by molar-refractivity contribution is -0.139. The van der Waals surface area contributed by atoms with Gasteiger partial charge in [0.2, 0.25) is 5.91 Å². The average molecular weight is 425 g/mol. The molecule has 0 spiro atoms. The molecule has 1 atom stereocenters. The van der Waals surface area contributed by atoms with E-state index >= 15 is 0 Å². The number of likely N-dealkylation sites (tertiary alicyclic amines) is 1. The van der Waals surface area contributed by atoms with Gasteiger partial charge in [-0.1, -0.05) is 18.2 Å². The summed E-state index contributed by atoms with van der Waals surface area (Å²) in [5, 5.41) is 2.98. The predicted molar refractivity (Wildman–Crippen MR) is 112 cm³/mol. The molecule has 3 heterocycles. The van der Waals surface area contributed by atoms with Gasteiger partial charge in [-0.15, -0.1) is 0 Å². The molecule has 2 aliphatic heterocycles. The van der Waals surface area contributed by atoms with Crippen molar-refractivity contribution >= 4 is 17.7 Å². The highest BCUT2D eigenvalue weighted by molar-refractivity contribution is 5.97. The third-order valence-electron chi connectivity index (χ3n) is 5.94. The van der Waals surface area contributed by atoms with Crippen LogP contribution in [-0.4, -0.2) is 73.0 Å². The van der Waals surface area contributed by atoms with Gasteiger partial charge in [0.05, 0.1) is 19.5 Å². The Bertz CT molecular complexity index is 885. The standard InChI is InChI=1S/C23H27N3O5/c27-21(18-5-2-1-3-6-18)24-20(23(29)26-12-15-30-16-13-26)17-8-10-25(11-9-17)22(28)19-7-4-14-31-19/h1-7,14,17,20H,8-13,15-16H2,(H,24,27). The highest BCUT2D eigenvalue weighted by Gasteiger charge is 2.37. The van der Waals surface area contributed by atoms with Gasteiger partial charge in [-0.2, -0.15) is 0 Å². The molecule has 1 aromatic carbocycles. The van der Waals surface area contributed by atoms with Gasteiger partial charge in [-0.3, -0.25) is 14.4 Å². The summed E-state index contributed by atoms with van der Waals surface area (Å²) in [4.78, 5) is 42.2. The summed E-state index contributed by atoms with van der Waals surface area (Å²) in [6, 6.07) is 11.6. The van der Waals surface area contributed by atoms with Crippen LogP contribution < -0.4 is 5.32 Å². The van der Waals surface area contributed by atoms with E-state index in [4.69, 9.17) is 9.15 Å². The second-order valence-corrected chi connectivity index (χ2v) is 7.86. The largest absolute Gasteiger partial charge is 0.459 e. The fourth-order valence-electron chi connectivity index (χ4n) is 4.17. The molecular weight excluding hydrogens is 398 g/mol. The van der Waals surface area contributed by atoms with Gasteiger partial charge in [-0.25, -0.2) is 0 Å². The Morgan fingerprint density at radius 1 is 0.903 bits per heavy atom. The highest BCUT2D eigenvalue weighted by Crippen LogP contribution is 2.24. The zero-order chi connectivity index (χ0) is 21.6. The van der Waals surface area contributed by atoms with Crippen molar-refractivity contribution < 1.29 is 23.5 Å². The van der Waals surface area contributed by atoms with Crippen molar-refractivity contribution in [3.05, 3.63) is 60.1 Å². The zero-order valence-electron chi connectivity index (χ0n) is 17.4. The number of hydrogen-bond acceptors (Lipinski definition) is 5. The fraction of sp³-hybridized carbons (Fsp3) is 0.435. The Balaban J connectivity index is 1.45. The number of hydrogen-bond donors (Lipinski definition) is 1. The number of carbonyl (C=O) groups excluding carboxylic acids is 3. The molecule has 1 N–H and O–H groups in total. The molecule has 0 bridgehead atoms. The summed E-state index contributed by atoms with van der Waals surface area (Å²) < 4.78 is 10.6. The lowest BCUT2D eigenvalue weighted by Crippen LogP contribution is -2.56. The molecule has 4 rings (SSSR count). The van der Waals surface area contributed by atoms with Crippen LogP contribution in [0.5, 0.6) is 0 Å². The average Bonchev–Trinajstić information content (AvgIpc) is 3.38. The number of furan rings is 1. The molecule has 2 fully saturated rings. The van der Waals surface area contributed by atoms with Gasteiger partial charge < -0.3 is 24.3 Å². The van der Waals surface area contributed by atoms with Crippen molar-refractivity contribution in [2.75, 3.05) is 39.4 Å². The van der Waals surface area contributed by atoms with Crippen LogP contribution in [0.2, 0.25) is 0 Å². The molecule has 1 unspecified atom stereocenters. The summed E-state index contributed by atoms with van der Waals surface area (Å²) in [5.41, 5.74) is 0.521. The number of morpholine rings is 1. The van der Waals surface area contributed by atoms with Gasteiger partial charge in [0.15, 0.2) is 5.76 Å². The van der Waals surface area contributed by atoms with Gasteiger partial charge >= 0.3 is 0 Å². The number of piperidine rings is 1. The van der Waals surface area contributed by atoms with E-state index in [1.165, 1.54) is 6.26 Å². The van der Waals surface area contributed by atoms with Crippen LogP contribution in [0.3, 0.4) is 0 Å². The fourth-order valence-corrected chi connectivity index (χ4v) is 4.17. The summed E-state index contributed by atoms with van der Waals surface area (Å²) in [6.07, 6.45) is 2.74. The Morgan fingerprint density at radius 2 is 1.61 bits per heavy atom. The molecular formula is C23H27N3O5. The Kier molecular flexibility index (Phi) is 6.66. The topological polar surface area (TPSA) is 92.1 Å². The van der Waals surface area contributed by atoms with Crippen LogP contribution >= 0.6 is 0 Å². The Morgan fingerprint density at radius 3 is 2.26 bits per heavy atom. The number of nitrogens with one attached hydrogen (secondary N) is 1. The van der Waals surface area contributed by atoms with E-state index in [1.807, 2.05) is 6.07 Å². The Hall–Kier alpha value is -3.13. The number of ether oxygens (including phenoxy) is 1. The summed E-state index contributed by atoms with van der Waals surface area (Å²) in [6.45, 7) is 3.07. The van der Waals surface area contributed by atoms with Gasteiger partial charge in [0, 0.05) is 31.7 Å². The van der Waals surface area contributed by atoms with Crippen molar-refractivity contribution in [3.63, 3.8) is 0 Å². The minimum Gasteiger partial charge on any atom is -0.459 e. The molecule has 8 nitrogen and oxygen atoms in total. The third kappa shape index (κ3) is 4.96. The van der Waals surface area contributed by atoms with Gasteiger partial charge in [0.25, 0.3) is 11.8 Å². The molecule has 1 aromatic heterocycles. The maximum atomic E-state index is 13.3. The second-order valence-electron chi connectivity index (χ2n) is 7.86. The third-order valence-corrected chi connectivity index (χ3v) is 5.94. The van der Waals surface area contributed by atoms with Gasteiger partial charge in [-0.05, 0) is 43.0 Å². The molecule has 31 heavy (non-hydrogen) atoms. The van der Waals surface area contributed by atoms with E-state index in [2.05, 4.69) is 5.32 Å². The van der Waals surface area contributed by atoms with E-state index in [0.717, 1.165) is 0 Å². The van der Waals surface area contributed by atoms with Crippen LogP contribution in [0, 0.1) is 5.92 Å². The van der Waals surface area contributed by atoms with Crippen LogP contribution in [0.25, 0.3) is 0 Å². The molecule has 164 valence electrons. The molecule has 3 amide bonds. The van der Waals surface area contributed by atoms with E-state index in [9.17, 15) is 14.4 Å². The van der Waals surface area contributed by atoms with E-state index in [0.29, 0.717) is 63.6 Å². The minimum absolute atomic E-state index is 0.0522. The SMILES string of the molecule is O=C(NC(C(=O)N1CCOCC1)C1CCN(C(=O)c2ccco2)CC1)c1ccccc1. The van der Waals surface area contributed by atoms with Crippen molar-refractivity contribution in [2.45, 2.75) is 18.9 Å². The normalized spacial score (nSPS) is 18.5. The van der Waals surface area contributed by atoms with Crippen molar-refractivity contribution in [3.8, 4) is 0 Å². The van der Waals surface area contributed by atoms with E-state index in [-0.39, 0.29) is 23.6 Å². The predicted octanol–water partition coefficient (Wildman–Crippen LogP) is 1.79. The molecule has 0 aliphatic carbocycles. The summed E-state index contributed by atoms with van der Waals surface area (Å²) in [7, 11) is 0. The minimum atomic E-state index is -0.633. The highest BCUT2D eigenvalue weighted by atomic mass is 16.5. The van der Waals surface area contributed by atoms with Crippen molar-refractivity contribution in [1.82, 2.24) is 15.1 Å². The number of rotatable bonds is 5. The number of amides is 3. The second kappa shape index (κ2) is 9.78. The molecule has 2 aliphatic rings. The van der Waals surface area contributed by atoms with Crippen LogP contribution in [0.1, 0.15) is 33.8 Å². The number of benzene rings is 1. The lowest BCUT2D eigenvalue weighted by atomic mass is 9.88. The first-order valence-corrected chi connectivity index (χ1v) is 10.7. The first-order valence-electron chi connectivity index (χ1n) is 10.7. The number of carbonyl (C=O) groups is 3. The molecule has 8 heteroatoms. The monoisotopic (exact) mass is 425 g/mol. The zero-order valence-corrected chi connectivity index (χ0v) is 17.4. The first-order chi connectivity index (χ1) is 15.1. The number of nitrogens with zero attached hydrogens (tertiary/aromatic N) is 2. The molecule has 2 aromatic rings. The maximum Gasteiger partial charge on any atom is 0.289 e. The molecule has 2 saturated heterocycles. The van der Waals surface area contributed by atoms with E-state index in [1.54, 1.807) is 46.2 Å². The summed E-state index contributed by atoms with van der Waals surface area (Å²) in [5.74, 6) is -0.224. The smallest absolute Gasteiger partial charge is 0.289 e. The van der Waals surface area contributed by atoms with Crippen molar-refractivity contribution in [2.24, 2.45) is 5.92 Å². The van der Waals surface area contributed by atoms with Crippen LogP contribution in [-0.2, 0) is 9.53 Å². The maximum absolute atomic E-state index is 13.3. The van der Waals surface area contributed by atoms with Crippen LogP contribution in [0.4, 0.5) is 0 Å².